The first kappa shape index (κ1) is 13.6. The number of nitriles is 1. The van der Waals surface area contributed by atoms with Crippen molar-refractivity contribution in [3.05, 3.63) is 62.9 Å². The van der Waals surface area contributed by atoms with E-state index in [4.69, 9.17) is 11.6 Å². The molecular formula is C16H9ClN2OS. The molecule has 0 aliphatic carbocycles. The zero-order chi connectivity index (χ0) is 14.8. The molecule has 0 aliphatic heterocycles. The van der Waals surface area contributed by atoms with E-state index in [1.165, 1.54) is 11.3 Å². The minimum Gasteiger partial charge on any atom is -0.360 e. The van der Waals surface area contributed by atoms with Gasteiger partial charge in [0.25, 0.3) is 0 Å². The van der Waals surface area contributed by atoms with E-state index in [0.717, 1.165) is 15.8 Å². The average molecular weight is 313 g/mol. The zero-order valence-corrected chi connectivity index (χ0v) is 12.3. The van der Waals surface area contributed by atoms with Crippen molar-refractivity contribution in [2.24, 2.45) is 0 Å². The fraction of sp³-hybridized carbons (Fsp3) is 0. The maximum atomic E-state index is 12.5. The topological polar surface area (TPSA) is 56.6 Å². The number of carbonyl (C=O) groups excluding carboxylic acids is 1. The number of aromatic nitrogens is 1. The number of rotatable bonds is 3. The first-order valence-corrected chi connectivity index (χ1v) is 7.41. The number of H-pyrrole nitrogens is 1. The van der Waals surface area contributed by atoms with Crippen molar-refractivity contribution in [2.45, 2.75) is 0 Å². The normalized spacial score (nSPS) is 11.5. The number of aromatic amines is 1. The Bertz CT molecular complexity index is 885. The number of ketones is 1. The molecule has 1 N–H and O–H groups in total. The number of hydrogen-bond donors (Lipinski definition) is 1. The first-order valence-electron chi connectivity index (χ1n) is 6.15. The summed E-state index contributed by atoms with van der Waals surface area (Å²) in [5.74, 6) is -0.292. The third-order valence-corrected chi connectivity index (χ3v) is 4.14. The number of thiophene rings is 1. The Kier molecular flexibility index (Phi) is 3.61. The average Bonchev–Trinajstić information content (AvgIpc) is 3.12. The number of allylic oxidation sites excluding steroid dienone is 1. The highest BCUT2D eigenvalue weighted by molar-refractivity contribution is 7.10. The number of benzene rings is 1. The summed E-state index contributed by atoms with van der Waals surface area (Å²) in [6.07, 6.45) is 3.23. The van der Waals surface area contributed by atoms with Gasteiger partial charge in [0.2, 0.25) is 5.78 Å². The van der Waals surface area contributed by atoms with Gasteiger partial charge in [0.05, 0.1) is 0 Å². The molecule has 3 aromatic rings. The summed E-state index contributed by atoms with van der Waals surface area (Å²) in [4.78, 5) is 16.4. The molecule has 5 heteroatoms. The molecule has 0 amide bonds. The zero-order valence-electron chi connectivity index (χ0n) is 10.8. The van der Waals surface area contributed by atoms with E-state index in [1.807, 2.05) is 23.6 Å². The van der Waals surface area contributed by atoms with Gasteiger partial charge in [-0.15, -0.1) is 11.3 Å². The molecule has 1 aromatic carbocycles. The number of nitrogens with one attached hydrogen (secondary N) is 1. The van der Waals surface area contributed by atoms with Crippen LogP contribution in [-0.2, 0) is 0 Å². The summed E-state index contributed by atoms with van der Waals surface area (Å²) < 4.78 is 0. The maximum Gasteiger partial charge on any atom is 0.205 e. The van der Waals surface area contributed by atoms with Crippen LogP contribution in [0.25, 0.3) is 17.0 Å². The lowest BCUT2D eigenvalue weighted by Gasteiger charge is -1.98. The number of hydrogen-bond acceptors (Lipinski definition) is 3. The molecule has 3 nitrogen and oxygen atoms in total. The van der Waals surface area contributed by atoms with Crippen LogP contribution in [0.5, 0.6) is 0 Å². The van der Waals surface area contributed by atoms with Crippen LogP contribution in [0.2, 0.25) is 5.02 Å². The van der Waals surface area contributed by atoms with Crippen molar-refractivity contribution in [1.29, 1.82) is 5.26 Å². The second kappa shape index (κ2) is 5.57. The number of fused-ring (bicyclic) bond motifs is 1. The summed E-state index contributed by atoms with van der Waals surface area (Å²) in [5.41, 5.74) is 1.37. The smallest absolute Gasteiger partial charge is 0.205 e. The van der Waals surface area contributed by atoms with Crippen LogP contribution in [-0.4, -0.2) is 10.8 Å². The second-order valence-corrected chi connectivity index (χ2v) is 5.82. The van der Waals surface area contributed by atoms with Crippen molar-refractivity contribution in [3.8, 4) is 6.07 Å². The minimum atomic E-state index is -0.292. The lowest BCUT2D eigenvalue weighted by molar-refractivity contribution is 0.104. The van der Waals surface area contributed by atoms with Crippen molar-refractivity contribution in [3.63, 3.8) is 0 Å². The predicted molar refractivity (Wildman–Crippen MR) is 85.5 cm³/mol. The Morgan fingerprint density at radius 1 is 1.38 bits per heavy atom. The van der Waals surface area contributed by atoms with E-state index in [-0.39, 0.29) is 11.4 Å². The van der Waals surface area contributed by atoms with Crippen LogP contribution in [0.3, 0.4) is 0 Å². The fourth-order valence-corrected chi connectivity index (χ4v) is 2.93. The van der Waals surface area contributed by atoms with Gasteiger partial charge in [-0.1, -0.05) is 23.7 Å². The summed E-state index contributed by atoms with van der Waals surface area (Å²) >= 11 is 7.41. The summed E-state index contributed by atoms with van der Waals surface area (Å²) in [6.45, 7) is 0. The molecule has 0 saturated heterocycles. The second-order valence-electron chi connectivity index (χ2n) is 4.41. The molecule has 0 spiro atoms. The molecular weight excluding hydrogens is 304 g/mol. The van der Waals surface area contributed by atoms with Gasteiger partial charge in [-0.2, -0.15) is 5.26 Å². The third kappa shape index (κ3) is 2.62. The van der Waals surface area contributed by atoms with Gasteiger partial charge < -0.3 is 4.98 Å². The van der Waals surface area contributed by atoms with Crippen molar-refractivity contribution < 1.29 is 4.79 Å². The van der Waals surface area contributed by atoms with Crippen molar-refractivity contribution >= 4 is 45.7 Å². The van der Waals surface area contributed by atoms with Crippen LogP contribution in [0.1, 0.15) is 15.2 Å². The van der Waals surface area contributed by atoms with E-state index in [9.17, 15) is 10.1 Å². The van der Waals surface area contributed by atoms with E-state index in [0.29, 0.717) is 10.6 Å². The molecule has 21 heavy (non-hydrogen) atoms. The molecule has 2 aromatic heterocycles. The number of Topliss-reactive ketones (excluding diaryl/α,β-unsaturated/α-hetero) is 1. The lowest BCUT2D eigenvalue weighted by Crippen LogP contribution is -2.00. The highest BCUT2D eigenvalue weighted by Gasteiger charge is 2.16. The van der Waals surface area contributed by atoms with Crippen molar-refractivity contribution in [2.75, 3.05) is 0 Å². The summed E-state index contributed by atoms with van der Waals surface area (Å²) in [5, 5.41) is 12.5. The Morgan fingerprint density at radius 3 is 2.95 bits per heavy atom. The molecule has 0 unspecified atom stereocenters. The molecule has 0 atom stereocenters. The molecule has 102 valence electrons. The van der Waals surface area contributed by atoms with Gasteiger partial charge in [-0.25, -0.2) is 0 Å². The molecule has 0 fully saturated rings. The number of halogens is 1. The minimum absolute atomic E-state index is 0.119. The van der Waals surface area contributed by atoms with Gasteiger partial charge >= 0.3 is 0 Å². The standard InChI is InChI=1S/C16H9ClN2OS/c17-11-3-4-13-14(9-19-15(13)7-11)16(20)10(8-18)6-12-2-1-5-21-12/h1-7,9,19H/b10-6-. The largest absolute Gasteiger partial charge is 0.360 e. The SMILES string of the molecule is N#C/C(=C/c1cccs1)C(=O)c1c[nH]c2cc(Cl)ccc12. The molecule has 0 saturated carbocycles. The summed E-state index contributed by atoms with van der Waals surface area (Å²) in [7, 11) is 0. The van der Waals surface area contributed by atoms with E-state index < -0.39 is 0 Å². The van der Waals surface area contributed by atoms with Crippen LogP contribution < -0.4 is 0 Å². The number of carbonyl (C=O) groups is 1. The van der Waals surface area contributed by atoms with Crippen LogP contribution in [0.15, 0.2) is 47.5 Å². The Balaban J connectivity index is 2.06. The molecule has 3 rings (SSSR count). The van der Waals surface area contributed by atoms with E-state index >= 15 is 0 Å². The van der Waals surface area contributed by atoms with Gasteiger partial charge in [-0.3, -0.25) is 4.79 Å². The molecule has 0 radical (unpaired) electrons. The van der Waals surface area contributed by atoms with Crippen molar-refractivity contribution in [1.82, 2.24) is 4.98 Å². The fourth-order valence-electron chi connectivity index (χ4n) is 2.10. The van der Waals surface area contributed by atoms with Crippen LogP contribution in [0, 0.1) is 11.3 Å². The predicted octanol–water partition coefficient (Wildman–Crippen LogP) is 4.67. The third-order valence-electron chi connectivity index (χ3n) is 3.08. The number of nitrogens with zero attached hydrogens (tertiary/aromatic N) is 1. The Morgan fingerprint density at radius 2 is 2.24 bits per heavy atom. The Labute approximate surface area is 130 Å². The van der Waals surface area contributed by atoms with Crippen LogP contribution >= 0.6 is 22.9 Å². The van der Waals surface area contributed by atoms with Gasteiger partial charge in [0.15, 0.2) is 0 Å². The maximum absolute atomic E-state index is 12.5. The van der Waals surface area contributed by atoms with Gasteiger partial charge in [0, 0.05) is 32.6 Å². The van der Waals surface area contributed by atoms with Gasteiger partial charge in [-0.05, 0) is 29.7 Å². The lowest BCUT2D eigenvalue weighted by atomic mass is 10.0. The monoisotopic (exact) mass is 312 g/mol. The summed E-state index contributed by atoms with van der Waals surface area (Å²) in [6, 6.07) is 11.0. The first-order chi connectivity index (χ1) is 10.2. The van der Waals surface area contributed by atoms with Gasteiger partial charge in [0.1, 0.15) is 11.6 Å². The molecule has 0 aliphatic rings. The van der Waals surface area contributed by atoms with E-state index in [1.54, 1.807) is 30.5 Å². The molecule has 2 heterocycles. The quantitative estimate of drug-likeness (QED) is 0.434. The van der Waals surface area contributed by atoms with Crippen LogP contribution in [0.4, 0.5) is 0 Å². The highest BCUT2D eigenvalue weighted by Crippen LogP contribution is 2.25. The molecule has 0 bridgehead atoms. The van der Waals surface area contributed by atoms with E-state index in [2.05, 4.69) is 4.98 Å². The Hall–Kier alpha value is -2.35. The highest BCUT2D eigenvalue weighted by atomic mass is 35.5.